The van der Waals surface area contributed by atoms with Gasteiger partial charge in [-0.3, -0.25) is 0 Å². The normalized spacial score (nSPS) is 25.2. The number of halogens is 1. The fourth-order valence-corrected chi connectivity index (χ4v) is 3.75. The van der Waals surface area contributed by atoms with Crippen LogP contribution in [-0.2, 0) is 9.47 Å². The Morgan fingerprint density at radius 2 is 2.09 bits per heavy atom. The highest BCUT2D eigenvalue weighted by Crippen LogP contribution is 2.38. The topological polar surface area (TPSA) is 153 Å². The minimum atomic E-state index is -1.45. The van der Waals surface area contributed by atoms with Crippen molar-refractivity contribution in [3.8, 4) is 11.3 Å². The third-order valence-electron chi connectivity index (χ3n) is 5.35. The van der Waals surface area contributed by atoms with Gasteiger partial charge in [-0.15, -0.1) is 5.10 Å². The first kappa shape index (κ1) is 23.0. The highest BCUT2D eigenvalue weighted by atomic mass is 19.1. The molecule has 0 unspecified atom stereocenters. The Hall–Kier alpha value is -3.19. The molecule has 12 heteroatoms. The van der Waals surface area contributed by atoms with Crippen LogP contribution in [0.5, 0.6) is 0 Å². The number of hydrogen-bond acceptors (Lipinski definition) is 10. The number of aliphatic hydroxyl groups is 3. The predicted molar refractivity (Wildman–Crippen MR) is 108 cm³/mol. The van der Waals surface area contributed by atoms with E-state index in [1.165, 1.54) is 36.0 Å². The van der Waals surface area contributed by atoms with Crippen molar-refractivity contribution >= 4 is 5.97 Å². The van der Waals surface area contributed by atoms with Gasteiger partial charge >= 0.3 is 5.97 Å². The van der Waals surface area contributed by atoms with Gasteiger partial charge in [0.15, 0.2) is 6.10 Å². The Kier molecular flexibility index (Phi) is 6.51. The average molecular weight is 462 g/mol. The number of aromatic nitrogens is 4. The lowest BCUT2D eigenvalue weighted by Crippen LogP contribution is -2.52. The van der Waals surface area contributed by atoms with E-state index in [0.29, 0.717) is 11.3 Å². The molecule has 0 radical (unpaired) electrons. The number of carbonyl (C=O) groups excluding carboxylic acids is 1. The Morgan fingerprint density at radius 1 is 1.30 bits per heavy atom. The highest BCUT2D eigenvalue weighted by molar-refractivity contribution is 5.87. The molecule has 11 nitrogen and oxygen atoms in total. The van der Waals surface area contributed by atoms with Crippen molar-refractivity contribution in [3.05, 3.63) is 53.6 Å². The maximum absolute atomic E-state index is 13.6. The minimum absolute atomic E-state index is 0.121. The number of oxazole rings is 1. The summed E-state index contributed by atoms with van der Waals surface area (Å²) < 4.78 is 30.9. The van der Waals surface area contributed by atoms with Crippen LogP contribution in [0.4, 0.5) is 4.39 Å². The molecule has 1 aliphatic heterocycles. The van der Waals surface area contributed by atoms with Crippen molar-refractivity contribution in [3.63, 3.8) is 0 Å². The summed E-state index contributed by atoms with van der Waals surface area (Å²) in [5, 5.41) is 39.5. The maximum Gasteiger partial charge on any atom is 0.376 e. The summed E-state index contributed by atoms with van der Waals surface area (Å²) in [5.74, 6) is -1.43. The van der Waals surface area contributed by atoms with E-state index in [1.807, 2.05) is 0 Å². The van der Waals surface area contributed by atoms with Gasteiger partial charge in [0.1, 0.15) is 35.9 Å². The zero-order valence-electron chi connectivity index (χ0n) is 17.8. The van der Waals surface area contributed by atoms with E-state index in [2.05, 4.69) is 15.3 Å². The molecule has 33 heavy (non-hydrogen) atoms. The van der Waals surface area contributed by atoms with Gasteiger partial charge in [0.25, 0.3) is 0 Å². The molecule has 1 fully saturated rings. The summed E-state index contributed by atoms with van der Waals surface area (Å²) in [7, 11) is 0. The summed E-state index contributed by atoms with van der Waals surface area (Å²) in [6.45, 7) is 2.74. The lowest BCUT2D eigenvalue weighted by atomic mass is 9.92. The number of aryl methyl sites for hydroxylation is 1. The third kappa shape index (κ3) is 4.37. The number of nitrogens with zero attached hydrogens (tertiary/aromatic N) is 4. The monoisotopic (exact) mass is 462 g/mol. The van der Waals surface area contributed by atoms with E-state index in [-0.39, 0.29) is 24.0 Å². The quantitative estimate of drug-likeness (QED) is 0.451. The zero-order chi connectivity index (χ0) is 23.7. The van der Waals surface area contributed by atoms with Crippen molar-refractivity contribution in [2.24, 2.45) is 0 Å². The molecule has 3 aromatic rings. The van der Waals surface area contributed by atoms with Gasteiger partial charge < -0.3 is 29.2 Å². The highest BCUT2D eigenvalue weighted by Gasteiger charge is 2.48. The standard InChI is InChI=1S/C21H23FN4O7/c1-3-31-21(30)18-10(2)23-20(33-18)19-17(29)15(16(28)14(9-27)32-19)26-8-13(24-25-26)11-5-4-6-12(22)7-11/h4-8,14-17,19,27-29H,3,9H2,1-2H3/t14-,15+,16+,17-,19-/m1/s1. The van der Waals surface area contributed by atoms with Gasteiger partial charge in [-0.1, -0.05) is 17.3 Å². The van der Waals surface area contributed by atoms with Gasteiger partial charge in [-0.2, -0.15) is 0 Å². The van der Waals surface area contributed by atoms with E-state index in [4.69, 9.17) is 13.9 Å². The van der Waals surface area contributed by atoms with Crippen molar-refractivity contribution in [2.45, 2.75) is 44.3 Å². The van der Waals surface area contributed by atoms with Gasteiger partial charge in [-0.05, 0) is 26.0 Å². The third-order valence-corrected chi connectivity index (χ3v) is 5.35. The molecule has 0 spiro atoms. The van der Waals surface area contributed by atoms with Crippen LogP contribution in [0.25, 0.3) is 11.3 Å². The smallest absolute Gasteiger partial charge is 0.376 e. The molecule has 1 aromatic carbocycles. The molecular formula is C21H23FN4O7. The second kappa shape index (κ2) is 9.35. The average Bonchev–Trinajstić information content (AvgIpc) is 3.41. The van der Waals surface area contributed by atoms with Crippen LogP contribution in [0.15, 0.2) is 34.9 Å². The van der Waals surface area contributed by atoms with Crippen molar-refractivity contribution in [1.29, 1.82) is 0 Å². The summed E-state index contributed by atoms with van der Waals surface area (Å²) in [5.41, 5.74) is 1.00. The molecular weight excluding hydrogens is 439 g/mol. The summed E-state index contributed by atoms with van der Waals surface area (Å²) >= 11 is 0. The van der Waals surface area contributed by atoms with Gasteiger partial charge in [0.05, 0.1) is 25.1 Å². The van der Waals surface area contributed by atoms with Crippen LogP contribution in [0.2, 0.25) is 0 Å². The van der Waals surface area contributed by atoms with Crippen LogP contribution in [0.3, 0.4) is 0 Å². The number of carbonyl (C=O) groups is 1. The molecule has 0 aliphatic carbocycles. The Balaban J connectivity index is 1.67. The molecule has 0 saturated carbocycles. The predicted octanol–water partition coefficient (Wildman–Crippen LogP) is 0.953. The first-order valence-corrected chi connectivity index (χ1v) is 10.3. The van der Waals surface area contributed by atoms with Crippen molar-refractivity contribution in [1.82, 2.24) is 20.0 Å². The second-order valence-electron chi connectivity index (χ2n) is 7.53. The van der Waals surface area contributed by atoms with Crippen LogP contribution in [0.1, 0.15) is 41.2 Å². The number of aliphatic hydroxyl groups excluding tert-OH is 3. The fourth-order valence-electron chi connectivity index (χ4n) is 3.75. The molecule has 1 aliphatic rings. The molecule has 4 rings (SSSR count). The summed E-state index contributed by atoms with van der Waals surface area (Å²) in [4.78, 5) is 16.2. The summed E-state index contributed by atoms with van der Waals surface area (Å²) in [6, 6.07) is 4.61. The number of esters is 1. The molecule has 0 bridgehead atoms. The number of benzene rings is 1. The van der Waals surface area contributed by atoms with Gasteiger partial charge in [-0.25, -0.2) is 18.9 Å². The summed E-state index contributed by atoms with van der Waals surface area (Å²) in [6.07, 6.45) is -3.74. The Labute approximate surface area is 187 Å². The van der Waals surface area contributed by atoms with E-state index in [0.717, 1.165) is 0 Å². The molecule has 0 amide bonds. The molecule has 1 saturated heterocycles. The Bertz CT molecular complexity index is 1130. The lowest BCUT2D eigenvalue weighted by molar-refractivity contribution is -0.213. The van der Waals surface area contributed by atoms with Gasteiger partial charge in [0, 0.05) is 5.56 Å². The van der Waals surface area contributed by atoms with Crippen molar-refractivity contribution in [2.75, 3.05) is 13.2 Å². The first-order valence-electron chi connectivity index (χ1n) is 10.3. The van der Waals surface area contributed by atoms with Crippen molar-refractivity contribution < 1.29 is 38.4 Å². The second-order valence-corrected chi connectivity index (χ2v) is 7.53. The van der Waals surface area contributed by atoms with E-state index in [9.17, 15) is 24.5 Å². The first-order chi connectivity index (χ1) is 15.8. The fraction of sp³-hybridized carbons (Fsp3) is 0.429. The van der Waals surface area contributed by atoms with Crippen LogP contribution in [-0.4, -0.2) is 72.8 Å². The minimum Gasteiger partial charge on any atom is -0.460 e. The lowest BCUT2D eigenvalue weighted by Gasteiger charge is -2.40. The van der Waals surface area contributed by atoms with E-state index >= 15 is 0 Å². The van der Waals surface area contributed by atoms with E-state index in [1.54, 1.807) is 13.0 Å². The van der Waals surface area contributed by atoms with Crippen LogP contribution >= 0.6 is 0 Å². The van der Waals surface area contributed by atoms with Crippen LogP contribution < -0.4 is 0 Å². The van der Waals surface area contributed by atoms with Gasteiger partial charge in [0.2, 0.25) is 11.7 Å². The van der Waals surface area contributed by atoms with E-state index < -0.39 is 48.9 Å². The maximum atomic E-state index is 13.6. The number of ether oxygens (including phenoxy) is 2. The zero-order valence-corrected chi connectivity index (χ0v) is 17.8. The largest absolute Gasteiger partial charge is 0.460 e. The molecule has 3 N–H and O–H groups in total. The molecule has 176 valence electrons. The number of hydrogen-bond donors (Lipinski definition) is 3. The molecule has 5 atom stereocenters. The number of rotatable bonds is 6. The molecule has 2 aromatic heterocycles. The molecule has 3 heterocycles. The van der Waals surface area contributed by atoms with Crippen LogP contribution in [0, 0.1) is 12.7 Å². The SMILES string of the molecule is CCOC(=O)c1oc([C@@H]2O[C@H](CO)[C@H](O)[C@H](n3cc(-c4cccc(F)c4)nn3)[C@H]2O)nc1C. The Morgan fingerprint density at radius 3 is 2.79 bits per heavy atom.